The van der Waals surface area contributed by atoms with Crippen LogP contribution in [0.15, 0.2) is 10.8 Å². The number of nitrogens with one attached hydrogen (secondary N) is 1. The smallest absolute Gasteiger partial charge is 0.328 e. The van der Waals surface area contributed by atoms with Crippen molar-refractivity contribution in [2.24, 2.45) is 5.92 Å². The van der Waals surface area contributed by atoms with E-state index in [0.29, 0.717) is 36.6 Å². The van der Waals surface area contributed by atoms with Gasteiger partial charge in [0.1, 0.15) is 17.9 Å². The van der Waals surface area contributed by atoms with E-state index in [2.05, 4.69) is 24.3 Å². The van der Waals surface area contributed by atoms with E-state index in [-0.39, 0.29) is 11.9 Å². The molecule has 1 N–H and O–H groups in total. The minimum absolute atomic E-state index is 0.296. The van der Waals surface area contributed by atoms with E-state index >= 15 is 0 Å². The summed E-state index contributed by atoms with van der Waals surface area (Å²) < 4.78 is 9.92. The highest BCUT2D eigenvalue weighted by Crippen LogP contribution is 2.14. The number of esters is 1. The van der Waals surface area contributed by atoms with Gasteiger partial charge in [0.25, 0.3) is 5.91 Å². The first-order chi connectivity index (χ1) is 11.0. The fraction of sp³-hybridized carbons (Fsp3) is 0.706. The minimum Gasteiger partial charge on any atom is -0.464 e. The van der Waals surface area contributed by atoms with Gasteiger partial charge in [-0.15, -0.1) is 0 Å². The first-order valence-corrected chi connectivity index (χ1v) is 8.44. The van der Waals surface area contributed by atoms with Gasteiger partial charge in [0.15, 0.2) is 0 Å². The Morgan fingerprint density at radius 2 is 2.04 bits per heavy atom. The molecule has 0 aliphatic heterocycles. The average Bonchev–Trinajstić information content (AvgIpc) is 3.02. The molecular weight excluding hydrogens is 296 g/mol. The van der Waals surface area contributed by atoms with Gasteiger partial charge in [-0.1, -0.05) is 45.2 Å². The molecule has 130 valence electrons. The van der Waals surface area contributed by atoms with Crippen LogP contribution in [0.5, 0.6) is 0 Å². The number of carbonyl (C=O) groups is 2. The normalized spacial score (nSPS) is 13.4. The zero-order valence-electron chi connectivity index (χ0n) is 14.6. The number of carbonyl (C=O) groups excluding carboxylic acids is 2. The second-order valence-corrected chi connectivity index (χ2v) is 5.75. The van der Waals surface area contributed by atoms with Crippen molar-refractivity contribution < 1.29 is 18.8 Å². The third kappa shape index (κ3) is 6.04. The van der Waals surface area contributed by atoms with Crippen LogP contribution in [0.1, 0.15) is 69.4 Å². The SMILES string of the molecule is CCOC(=O)C(CCCC(C)CC)NC(=O)c1conc1CC. The highest BCUT2D eigenvalue weighted by molar-refractivity contribution is 5.97. The zero-order valence-corrected chi connectivity index (χ0v) is 14.6. The van der Waals surface area contributed by atoms with Crippen molar-refractivity contribution in [2.45, 2.75) is 65.8 Å². The Hall–Kier alpha value is -1.85. The average molecular weight is 324 g/mol. The van der Waals surface area contributed by atoms with Crippen LogP contribution in [0, 0.1) is 5.92 Å². The summed E-state index contributed by atoms with van der Waals surface area (Å²) in [5.41, 5.74) is 0.966. The predicted molar refractivity (Wildman–Crippen MR) is 87.1 cm³/mol. The molecule has 1 aromatic rings. The number of nitrogens with zero attached hydrogens (tertiary/aromatic N) is 1. The summed E-state index contributed by atoms with van der Waals surface area (Å²) in [5.74, 6) is -0.123. The second-order valence-electron chi connectivity index (χ2n) is 5.75. The van der Waals surface area contributed by atoms with Crippen molar-refractivity contribution in [2.75, 3.05) is 6.61 Å². The Labute approximate surface area is 137 Å². The van der Waals surface area contributed by atoms with Gasteiger partial charge in [-0.3, -0.25) is 4.79 Å². The molecule has 0 bridgehead atoms. The van der Waals surface area contributed by atoms with Crippen LogP contribution in [-0.2, 0) is 16.0 Å². The van der Waals surface area contributed by atoms with E-state index in [0.717, 1.165) is 19.3 Å². The Morgan fingerprint density at radius 3 is 2.65 bits per heavy atom. The van der Waals surface area contributed by atoms with E-state index in [1.165, 1.54) is 6.26 Å². The van der Waals surface area contributed by atoms with Crippen molar-refractivity contribution in [3.63, 3.8) is 0 Å². The molecule has 0 spiro atoms. The molecule has 6 heteroatoms. The summed E-state index contributed by atoms with van der Waals surface area (Å²) in [4.78, 5) is 24.4. The van der Waals surface area contributed by atoms with Crippen molar-refractivity contribution in [1.82, 2.24) is 10.5 Å². The topological polar surface area (TPSA) is 81.4 Å². The summed E-state index contributed by atoms with van der Waals surface area (Å²) in [6, 6.07) is -0.633. The van der Waals surface area contributed by atoms with Gasteiger partial charge >= 0.3 is 5.97 Å². The van der Waals surface area contributed by atoms with Crippen molar-refractivity contribution >= 4 is 11.9 Å². The molecule has 2 unspecified atom stereocenters. The first-order valence-electron chi connectivity index (χ1n) is 8.44. The Balaban J connectivity index is 2.68. The van der Waals surface area contributed by atoms with E-state index in [9.17, 15) is 9.59 Å². The van der Waals surface area contributed by atoms with E-state index < -0.39 is 6.04 Å². The van der Waals surface area contributed by atoms with E-state index in [4.69, 9.17) is 9.26 Å². The Kier molecular flexibility index (Phi) is 8.37. The van der Waals surface area contributed by atoms with Crippen molar-refractivity contribution in [3.8, 4) is 0 Å². The lowest BCUT2D eigenvalue weighted by Gasteiger charge is -2.18. The summed E-state index contributed by atoms with van der Waals surface area (Å²) in [5, 5.41) is 6.55. The monoisotopic (exact) mass is 324 g/mol. The fourth-order valence-corrected chi connectivity index (χ4v) is 2.30. The van der Waals surface area contributed by atoms with Crippen LogP contribution >= 0.6 is 0 Å². The van der Waals surface area contributed by atoms with E-state index in [1.807, 2.05) is 6.92 Å². The predicted octanol–water partition coefficient (Wildman–Crippen LogP) is 3.11. The molecule has 6 nitrogen and oxygen atoms in total. The highest BCUT2D eigenvalue weighted by Gasteiger charge is 2.24. The molecule has 0 saturated heterocycles. The van der Waals surface area contributed by atoms with E-state index in [1.54, 1.807) is 6.92 Å². The van der Waals surface area contributed by atoms with Gasteiger partial charge in [0.2, 0.25) is 0 Å². The molecule has 0 radical (unpaired) electrons. The summed E-state index contributed by atoms with van der Waals surface area (Å²) in [7, 11) is 0. The molecule has 1 heterocycles. The summed E-state index contributed by atoms with van der Waals surface area (Å²) in [6.07, 6.45) is 5.48. The lowest BCUT2D eigenvalue weighted by atomic mass is 9.99. The molecule has 0 aliphatic rings. The van der Waals surface area contributed by atoms with Gasteiger partial charge in [0, 0.05) is 0 Å². The molecule has 0 aliphatic carbocycles. The third-order valence-electron chi connectivity index (χ3n) is 3.99. The fourth-order valence-electron chi connectivity index (χ4n) is 2.30. The number of amides is 1. The Morgan fingerprint density at radius 1 is 1.30 bits per heavy atom. The molecule has 0 saturated carbocycles. The molecule has 1 amide bonds. The number of rotatable bonds is 10. The molecule has 1 aromatic heterocycles. The molecule has 2 atom stereocenters. The summed E-state index contributed by atoms with van der Waals surface area (Å²) in [6.45, 7) is 8.27. The molecule has 1 rings (SSSR count). The number of aromatic nitrogens is 1. The van der Waals surface area contributed by atoms with Gasteiger partial charge in [-0.25, -0.2) is 4.79 Å². The van der Waals surface area contributed by atoms with Crippen LogP contribution in [0.25, 0.3) is 0 Å². The van der Waals surface area contributed by atoms with Crippen LogP contribution in [0.2, 0.25) is 0 Å². The standard InChI is InChI=1S/C17H28N2O4/c1-5-12(4)9-8-10-15(17(21)22-7-3)18-16(20)13-11-23-19-14(13)6-2/h11-12,15H,5-10H2,1-4H3,(H,18,20). The maximum Gasteiger partial charge on any atom is 0.328 e. The van der Waals surface area contributed by atoms with Gasteiger partial charge in [-0.05, 0) is 25.7 Å². The third-order valence-corrected chi connectivity index (χ3v) is 3.99. The lowest BCUT2D eigenvalue weighted by molar-refractivity contribution is -0.145. The number of ether oxygens (including phenoxy) is 1. The van der Waals surface area contributed by atoms with Crippen molar-refractivity contribution in [3.05, 3.63) is 17.5 Å². The number of hydrogen-bond donors (Lipinski definition) is 1. The lowest BCUT2D eigenvalue weighted by Crippen LogP contribution is -2.42. The number of hydrogen-bond acceptors (Lipinski definition) is 5. The minimum atomic E-state index is -0.633. The van der Waals surface area contributed by atoms with Crippen LogP contribution in [0.4, 0.5) is 0 Å². The molecule has 0 fully saturated rings. The maximum atomic E-state index is 12.3. The van der Waals surface area contributed by atoms with Crippen LogP contribution in [0.3, 0.4) is 0 Å². The maximum absolute atomic E-state index is 12.3. The first kappa shape index (κ1) is 19.2. The van der Waals surface area contributed by atoms with Crippen LogP contribution in [-0.4, -0.2) is 29.7 Å². The molecule has 23 heavy (non-hydrogen) atoms. The quantitative estimate of drug-likeness (QED) is 0.669. The second kappa shape index (κ2) is 10.0. The molecule has 0 aromatic carbocycles. The molecular formula is C17H28N2O4. The largest absolute Gasteiger partial charge is 0.464 e. The van der Waals surface area contributed by atoms with Gasteiger partial charge < -0.3 is 14.6 Å². The Bertz CT molecular complexity index is 499. The van der Waals surface area contributed by atoms with Crippen LogP contribution < -0.4 is 5.32 Å². The van der Waals surface area contributed by atoms with Gasteiger partial charge in [-0.2, -0.15) is 0 Å². The zero-order chi connectivity index (χ0) is 17.2. The van der Waals surface area contributed by atoms with Gasteiger partial charge in [0.05, 0.1) is 12.3 Å². The number of aryl methyl sites for hydroxylation is 1. The van der Waals surface area contributed by atoms with Crippen molar-refractivity contribution in [1.29, 1.82) is 0 Å². The summed E-state index contributed by atoms with van der Waals surface area (Å²) >= 11 is 0. The highest BCUT2D eigenvalue weighted by atomic mass is 16.5.